The lowest BCUT2D eigenvalue weighted by molar-refractivity contribution is -0.385. The van der Waals surface area contributed by atoms with E-state index < -0.39 is 4.92 Å². The van der Waals surface area contributed by atoms with Crippen molar-refractivity contribution < 1.29 is 9.72 Å². The topological polar surface area (TPSA) is 115 Å². The maximum absolute atomic E-state index is 11.6. The lowest BCUT2D eigenvalue weighted by Gasteiger charge is -2.13. The van der Waals surface area contributed by atoms with Crippen molar-refractivity contribution >= 4 is 17.5 Å². The number of aromatic nitrogens is 2. The Bertz CT molecular complexity index is 446. The fourth-order valence-corrected chi connectivity index (χ4v) is 1.68. The number of nitro groups is 1. The van der Waals surface area contributed by atoms with E-state index in [2.05, 4.69) is 9.97 Å². The Morgan fingerprint density at radius 2 is 2.18 bits per heavy atom. The first kappa shape index (κ1) is 11.4. The van der Waals surface area contributed by atoms with E-state index in [4.69, 9.17) is 5.73 Å². The molecule has 2 rings (SSSR count). The number of hydrogen-bond donors (Lipinski definition) is 1. The van der Waals surface area contributed by atoms with E-state index in [1.165, 1.54) is 4.90 Å². The van der Waals surface area contributed by atoms with Crippen LogP contribution >= 0.6 is 0 Å². The van der Waals surface area contributed by atoms with E-state index in [-0.39, 0.29) is 23.5 Å². The summed E-state index contributed by atoms with van der Waals surface area (Å²) in [5, 5.41) is 10.4. The molecule has 0 aliphatic carbocycles. The highest BCUT2D eigenvalue weighted by Crippen LogP contribution is 2.21. The molecule has 2 N–H and O–H groups in total. The number of anilines is 1. The van der Waals surface area contributed by atoms with Gasteiger partial charge in [0.2, 0.25) is 11.9 Å². The SMILES string of the molecule is NCC1CC(=O)N(c2ncc([N+](=O)[O-])cn2)C1. The number of carbonyl (C=O) groups is 1. The first-order chi connectivity index (χ1) is 8.11. The van der Waals surface area contributed by atoms with Crippen molar-refractivity contribution in [1.82, 2.24) is 9.97 Å². The number of amides is 1. The van der Waals surface area contributed by atoms with Crippen molar-refractivity contribution in [2.24, 2.45) is 11.7 Å². The van der Waals surface area contributed by atoms with Gasteiger partial charge in [0.15, 0.2) is 0 Å². The molecule has 1 aliphatic rings. The molecule has 0 aromatic carbocycles. The Balaban J connectivity index is 2.18. The van der Waals surface area contributed by atoms with Gasteiger partial charge in [-0.1, -0.05) is 0 Å². The molecular weight excluding hydrogens is 226 g/mol. The first-order valence-corrected chi connectivity index (χ1v) is 5.08. The molecule has 0 radical (unpaired) electrons. The largest absolute Gasteiger partial charge is 0.330 e. The summed E-state index contributed by atoms with van der Waals surface area (Å²) in [6, 6.07) is 0. The summed E-state index contributed by atoms with van der Waals surface area (Å²) in [6.45, 7) is 0.891. The molecule has 1 aliphatic heterocycles. The van der Waals surface area contributed by atoms with Crippen LogP contribution in [0.25, 0.3) is 0 Å². The minimum atomic E-state index is -0.585. The summed E-state index contributed by atoms with van der Waals surface area (Å²) < 4.78 is 0. The summed E-state index contributed by atoms with van der Waals surface area (Å²) in [7, 11) is 0. The molecule has 1 unspecified atom stereocenters. The van der Waals surface area contributed by atoms with Gasteiger partial charge in [-0.3, -0.25) is 19.8 Å². The number of rotatable bonds is 3. The predicted molar refractivity (Wildman–Crippen MR) is 58.2 cm³/mol. The standard InChI is InChI=1S/C9H11N5O3/c10-2-6-1-8(15)13(5-6)9-11-3-7(4-12-9)14(16)17/h3-4,6H,1-2,5,10H2. The normalized spacial score (nSPS) is 19.7. The molecule has 1 atom stereocenters. The third-order valence-electron chi connectivity index (χ3n) is 2.62. The molecule has 1 fully saturated rings. The molecule has 1 aromatic rings. The molecule has 1 saturated heterocycles. The zero-order valence-corrected chi connectivity index (χ0v) is 8.94. The molecule has 2 heterocycles. The fourth-order valence-electron chi connectivity index (χ4n) is 1.68. The molecule has 0 saturated carbocycles. The lowest BCUT2D eigenvalue weighted by atomic mass is 10.1. The Hall–Kier alpha value is -2.09. The van der Waals surface area contributed by atoms with Crippen molar-refractivity contribution in [3.8, 4) is 0 Å². The van der Waals surface area contributed by atoms with Gasteiger partial charge < -0.3 is 5.73 Å². The fraction of sp³-hybridized carbons (Fsp3) is 0.444. The Morgan fingerprint density at radius 3 is 2.65 bits per heavy atom. The summed E-state index contributed by atoms with van der Waals surface area (Å²) in [4.78, 5) is 30.5. The highest BCUT2D eigenvalue weighted by molar-refractivity contribution is 5.94. The Kier molecular flexibility index (Phi) is 2.96. The van der Waals surface area contributed by atoms with E-state index in [0.717, 1.165) is 12.4 Å². The van der Waals surface area contributed by atoms with E-state index >= 15 is 0 Å². The lowest BCUT2D eigenvalue weighted by Crippen LogP contribution is -2.27. The van der Waals surface area contributed by atoms with Crippen molar-refractivity contribution in [1.29, 1.82) is 0 Å². The van der Waals surface area contributed by atoms with Gasteiger partial charge in [-0.15, -0.1) is 0 Å². The van der Waals surface area contributed by atoms with Gasteiger partial charge in [-0.25, -0.2) is 9.97 Å². The summed E-state index contributed by atoms with van der Waals surface area (Å²) in [5.41, 5.74) is 5.29. The second kappa shape index (κ2) is 4.42. The molecular formula is C9H11N5O3. The van der Waals surface area contributed by atoms with Crippen LogP contribution < -0.4 is 10.6 Å². The van der Waals surface area contributed by atoms with Crippen molar-refractivity contribution in [3.05, 3.63) is 22.5 Å². The van der Waals surface area contributed by atoms with Crippen LogP contribution in [0, 0.1) is 16.0 Å². The van der Waals surface area contributed by atoms with Gasteiger partial charge in [0, 0.05) is 13.0 Å². The van der Waals surface area contributed by atoms with Crippen molar-refractivity contribution in [2.45, 2.75) is 6.42 Å². The number of carbonyl (C=O) groups excluding carboxylic acids is 1. The molecule has 90 valence electrons. The summed E-state index contributed by atoms with van der Waals surface area (Å²) >= 11 is 0. The third kappa shape index (κ3) is 2.21. The van der Waals surface area contributed by atoms with E-state index in [0.29, 0.717) is 19.5 Å². The molecule has 0 bridgehead atoms. The van der Waals surface area contributed by atoms with Crippen LogP contribution in [0.3, 0.4) is 0 Å². The quantitative estimate of drug-likeness (QED) is 0.569. The average Bonchev–Trinajstić information content (AvgIpc) is 2.71. The van der Waals surface area contributed by atoms with Crippen LogP contribution in [-0.2, 0) is 4.79 Å². The van der Waals surface area contributed by atoms with Gasteiger partial charge >= 0.3 is 5.69 Å². The average molecular weight is 237 g/mol. The van der Waals surface area contributed by atoms with E-state index in [1.807, 2.05) is 0 Å². The maximum atomic E-state index is 11.6. The number of nitrogens with two attached hydrogens (primary N) is 1. The first-order valence-electron chi connectivity index (χ1n) is 5.08. The van der Waals surface area contributed by atoms with Crippen LogP contribution in [0.1, 0.15) is 6.42 Å². The van der Waals surface area contributed by atoms with E-state index in [1.54, 1.807) is 0 Å². The van der Waals surface area contributed by atoms with Crippen molar-refractivity contribution in [2.75, 3.05) is 18.0 Å². The number of hydrogen-bond acceptors (Lipinski definition) is 6. The smallest absolute Gasteiger partial charge is 0.305 e. The zero-order valence-electron chi connectivity index (χ0n) is 8.94. The molecule has 0 spiro atoms. The van der Waals surface area contributed by atoms with Crippen LogP contribution in [0.5, 0.6) is 0 Å². The van der Waals surface area contributed by atoms with Crippen LogP contribution in [-0.4, -0.2) is 33.9 Å². The summed E-state index contributed by atoms with van der Waals surface area (Å²) in [6.07, 6.45) is 2.55. The van der Waals surface area contributed by atoms with Gasteiger partial charge in [0.1, 0.15) is 12.4 Å². The predicted octanol–water partition coefficient (Wildman–Crippen LogP) is -0.304. The van der Waals surface area contributed by atoms with Gasteiger partial charge in [0.25, 0.3) is 0 Å². The molecule has 1 aromatic heterocycles. The second-order valence-corrected chi connectivity index (χ2v) is 3.81. The minimum Gasteiger partial charge on any atom is -0.330 e. The molecule has 1 amide bonds. The van der Waals surface area contributed by atoms with Crippen molar-refractivity contribution in [3.63, 3.8) is 0 Å². The maximum Gasteiger partial charge on any atom is 0.305 e. The Labute approximate surface area is 96.6 Å². The van der Waals surface area contributed by atoms with E-state index in [9.17, 15) is 14.9 Å². The Morgan fingerprint density at radius 1 is 1.53 bits per heavy atom. The third-order valence-corrected chi connectivity index (χ3v) is 2.62. The molecule has 8 heteroatoms. The minimum absolute atomic E-state index is 0.0984. The van der Waals surface area contributed by atoms with Crippen LogP contribution in [0.2, 0.25) is 0 Å². The highest BCUT2D eigenvalue weighted by atomic mass is 16.6. The van der Waals surface area contributed by atoms with Gasteiger partial charge in [-0.2, -0.15) is 0 Å². The van der Waals surface area contributed by atoms with Gasteiger partial charge in [0.05, 0.1) is 4.92 Å². The second-order valence-electron chi connectivity index (χ2n) is 3.81. The van der Waals surface area contributed by atoms with Crippen LogP contribution in [0.4, 0.5) is 11.6 Å². The molecule has 17 heavy (non-hydrogen) atoms. The van der Waals surface area contributed by atoms with Crippen LogP contribution in [0.15, 0.2) is 12.4 Å². The van der Waals surface area contributed by atoms with Gasteiger partial charge in [-0.05, 0) is 12.5 Å². The molecule has 8 nitrogen and oxygen atoms in total. The number of nitrogens with zero attached hydrogens (tertiary/aromatic N) is 4. The highest BCUT2D eigenvalue weighted by Gasteiger charge is 2.31. The summed E-state index contributed by atoms with van der Waals surface area (Å²) in [5.74, 6) is 0.187. The zero-order chi connectivity index (χ0) is 12.4. The monoisotopic (exact) mass is 237 g/mol.